The first kappa shape index (κ1) is 8.15. The van der Waals surface area contributed by atoms with Crippen LogP contribution in [0.5, 0.6) is 5.75 Å². The zero-order chi connectivity index (χ0) is 8.55. The van der Waals surface area contributed by atoms with Crippen LogP contribution in [0, 0.1) is 6.92 Å². The molecule has 1 radical (unpaired) electrons. The molecule has 1 aliphatic heterocycles. The SMILES string of the molecule is Cc1ccc2c(c1)OC(C[Se])C2. The summed E-state index contributed by atoms with van der Waals surface area (Å²) in [6.07, 6.45) is 1.42. The summed E-state index contributed by atoms with van der Waals surface area (Å²) in [7, 11) is 0. The zero-order valence-corrected chi connectivity index (χ0v) is 8.75. The second kappa shape index (κ2) is 3.12. The van der Waals surface area contributed by atoms with Gasteiger partial charge in [-0.2, -0.15) is 0 Å². The van der Waals surface area contributed by atoms with Gasteiger partial charge in [0.2, 0.25) is 0 Å². The molecule has 2 heteroatoms. The van der Waals surface area contributed by atoms with Crippen molar-refractivity contribution in [2.24, 2.45) is 0 Å². The molecule has 0 saturated carbocycles. The fraction of sp³-hybridized carbons (Fsp3) is 0.400. The molecule has 1 heterocycles. The van der Waals surface area contributed by atoms with E-state index in [9.17, 15) is 0 Å². The van der Waals surface area contributed by atoms with Gasteiger partial charge in [-0.25, -0.2) is 0 Å². The molecule has 2 rings (SSSR count). The number of hydrogen-bond acceptors (Lipinski definition) is 1. The molecule has 1 aromatic carbocycles. The topological polar surface area (TPSA) is 9.23 Å². The van der Waals surface area contributed by atoms with Crippen LogP contribution in [0.15, 0.2) is 18.2 Å². The summed E-state index contributed by atoms with van der Waals surface area (Å²) in [4.78, 5) is 0. The summed E-state index contributed by atoms with van der Waals surface area (Å²) in [5, 5.41) is 0.980. The monoisotopic (exact) mass is 227 g/mol. The predicted octanol–water partition coefficient (Wildman–Crippen LogP) is 1.89. The van der Waals surface area contributed by atoms with Crippen molar-refractivity contribution in [3.8, 4) is 5.75 Å². The third-order valence-corrected chi connectivity index (χ3v) is 2.93. The van der Waals surface area contributed by atoms with Crippen molar-refractivity contribution in [1.29, 1.82) is 0 Å². The Kier molecular flexibility index (Phi) is 2.12. The van der Waals surface area contributed by atoms with E-state index in [0.29, 0.717) is 6.10 Å². The Morgan fingerprint density at radius 2 is 2.42 bits per heavy atom. The van der Waals surface area contributed by atoms with Crippen LogP contribution in [-0.2, 0) is 6.42 Å². The number of hydrogen-bond donors (Lipinski definition) is 0. The molecule has 0 bridgehead atoms. The van der Waals surface area contributed by atoms with Gasteiger partial charge in [0, 0.05) is 0 Å². The zero-order valence-electron chi connectivity index (χ0n) is 7.04. The van der Waals surface area contributed by atoms with Crippen LogP contribution >= 0.6 is 0 Å². The average molecular weight is 226 g/mol. The summed E-state index contributed by atoms with van der Waals surface area (Å²) in [6, 6.07) is 6.43. The predicted molar refractivity (Wildman–Crippen MR) is 49.9 cm³/mol. The van der Waals surface area contributed by atoms with E-state index in [1.807, 2.05) is 0 Å². The Morgan fingerprint density at radius 3 is 3.17 bits per heavy atom. The molecule has 0 N–H and O–H groups in total. The van der Waals surface area contributed by atoms with Gasteiger partial charge in [0.05, 0.1) is 0 Å². The minimum atomic E-state index is 0.363. The van der Waals surface area contributed by atoms with Crippen molar-refractivity contribution in [3.05, 3.63) is 29.3 Å². The Balaban J connectivity index is 2.30. The van der Waals surface area contributed by atoms with Gasteiger partial charge in [-0.3, -0.25) is 0 Å². The maximum atomic E-state index is 5.71. The van der Waals surface area contributed by atoms with E-state index < -0.39 is 0 Å². The van der Waals surface area contributed by atoms with Crippen molar-refractivity contribution in [3.63, 3.8) is 0 Å². The normalized spacial score (nSPS) is 20.3. The van der Waals surface area contributed by atoms with Gasteiger partial charge in [0.1, 0.15) is 0 Å². The van der Waals surface area contributed by atoms with Gasteiger partial charge >= 0.3 is 80.6 Å². The van der Waals surface area contributed by atoms with Crippen LogP contribution in [0.1, 0.15) is 11.1 Å². The van der Waals surface area contributed by atoms with Gasteiger partial charge in [-0.1, -0.05) is 0 Å². The first-order valence-electron chi connectivity index (χ1n) is 4.14. The van der Waals surface area contributed by atoms with Crippen molar-refractivity contribution in [2.75, 3.05) is 0 Å². The molecule has 1 aromatic rings. The Morgan fingerprint density at radius 1 is 1.58 bits per heavy atom. The molecule has 0 amide bonds. The molecule has 0 saturated heterocycles. The molecule has 12 heavy (non-hydrogen) atoms. The Hall–Kier alpha value is -0.461. The summed E-state index contributed by atoms with van der Waals surface area (Å²) in [5.41, 5.74) is 2.62. The van der Waals surface area contributed by atoms with E-state index in [1.54, 1.807) is 0 Å². The van der Waals surface area contributed by atoms with Crippen LogP contribution < -0.4 is 4.74 Å². The number of ether oxygens (including phenoxy) is 1. The standard InChI is InChI=1S/C10H11OSe/c1-7-2-3-8-5-9(6-12)11-10(8)4-7/h2-4,9H,5-6H2,1H3. The average Bonchev–Trinajstić information content (AvgIpc) is 2.46. The van der Waals surface area contributed by atoms with E-state index in [-0.39, 0.29) is 0 Å². The fourth-order valence-electron chi connectivity index (χ4n) is 1.50. The van der Waals surface area contributed by atoms with Gasteiger partial charge in [-0.15, -0.1) is 0 Å². The summed E-state index contributed by atoms with van der Waals surface area (Å²) in [5.74, 6) is 1.08. The van der Waals surface area contributed by atoms with Crippen molar-refractivity contribution >= 4 is 16.0 Å². The van der Waals surface area contributed by atoms with Crippen molar-refractivity contribution in [2.45, 2.75) is 24.8 Å². The number of rotatable bonds is 1. The van der Waals surface area contributed by atoms with Crippen LogP contribution in [0.4, 0.5) is 0 Å². The van der Waals surface area contributed by atoms with Crippen LogP contribution in [0.25, 0.3) is 0 Å². The van der Waals surface area contributed by atoms with Crippen LogP contribution in [-0.4, -0.2) is 22.1 Å². The van der Waals surface area contributed by atoms with Crippen molar-refractivity contribution in [1.82, 2.24) is 0 Å². The Bertz CT molecular complexity index is 296. The molecule has 0 aliphatic carbocycles. The van der Waals surface area contributed by atoms with Crippen LogP contribution in [0.2, 0.25) is 5.32 Å². The molecule has 0 aromatic heterocycles. The second-order valence-corrected chi connectivity index (χ2v) is 3.92. The van der Waals surface area contributed by atoms with E-state index in [0.717, 1.165) is 17.5 Å². The summed E-state index contributed by atoms with van der Waals surface area (Å²) >= 11 is 3.01. The Labute approximate surface area is 80.9 Å². The van der Waals surface area contributed by atoms with E-state index >= 15 is 0 Å². The van der Waals surface area contributed by atoms with Gasteiger partial charge in [-0.05, 0) is 0 Å². The maximum absolute atomic E-state index is 5.71. The molecule has 63 valence electrons. The molecular formula is C10H11OSe. The first-order chi connectivity index (χ1) is 5.79. The van der Waals surface area contributed by atoms with Gasteiger partial charge in [0.15, 0.2) is 0 Å². The van der Waals surface area contributed by atoms with Crippen molar-refractivity contribution < 1.29 is 4.74 Å². The number of fused-ring (bicyclic) bond motifs is 1. The summed E-state index contributed by atoms with van der Waals surface area (Å²) in [6.45, 7) is 2.09. The van der Waals surface area contributed by atoms with E-state index in [1.165, 1.54) is 11.1 Å². The molecular weight excluding hydrogens is 215 g/mol. The first-order valence-corrected chi connectivity index (χ1v) is 5.35. The van der Waals surface area contributed by atoms with Gasteiger partial charge in [0.25, 0.3) is 0 Å². The molecule has 0 spiro atoms. The second-order valence-electron chi connectivity index (χ2n) is 3.22. The quantitative estimate of drug-likeness (QED) is 0.664. The van der Waals surface area contributed by atoms with E-state index in [2.05, 4.69) is 41.1 Å². The number of aryl methyl sites for hydroxylation is 1. The molecule has 0 fully saturated rings. The summed E-state index contributed by atoms with van der Waals surface area (Å²) < 4.78 is 5.71. The molecule has 1 nitrogen and oxygen atoms in total. The fourth-order valence-corrected chi connectivity index (χ4v) is 1.89. The van der Waals surface area contributed by atoms with Crippen LogP contribution in [0.3, 0.4) is 0 Å². The number of benzene rings is 1. The molecule has 1 atom stereocenters. The van der Waals surface area contributed by atoms with E-state index in [4.69, 9.17) is 4.74 Å². The molecule has 1 unspecified atom stereocenters. The molecule has 1 aliphatic rings. The van der Waals surface area contributed by atoms with Gasteiger partial charge < -0.3 is 0 Å². The minimum absolute atomic E-state index is 0.363. The third-order valence-electron chi connectivity index (χ3n) is 2.15. The third kappa shape index (κ3) is 1.37.